The van der Waals surface area contributed by atoms with E-state index in [4.69, 9.17) is 15.7 Å². The van der Waals surface area contributed by atoms with Gasteiger partial charge in [-0.2, -0.15) is 0 Å². The molecule has 0 heterocycles. The molecule has 0 unspecified atom stereocenters. The molecule has 1 aliphatic carbocycles. The van der Waals surface area contributed by atoms with Crippen LogP contribution in [0, 0.1) is 5.41 Å². The van der Waals surface area contributed by atoms with Crippen LogP contribution in [0.1, 0.15) is 24.8 Å². The number of ether oxygens (including phenoxy) is 1. The molecule has 0 aliphatic heterocycles. The lowest BCUT2D eigenvalue weighted by Gasteiger charge is -2.38. The van der Waals surface area contributed by atoms with Gasteiger partial charge >= 0.3 is 0 Å². The quantitative estimate of drug-likeness (QED) is 0.330. The van der Waals surface area contributed by atoms with Gasteiger partial charge in [-0.3, -0.25) is 4.79 Å². The number of carbonyl (C=O) groups excluding carboxylic acids is 1. The molecule has 1 fully saturated rings. The first-order valence-corrected chi connectivity index (χ1v) is 6.50. The predicted molar refractivity (Wildman–Crippen MR) is 75.5 cm³/mol. The van der Waals surface area contributed by atoms with Crippen LogP contribution < -0.4 is 11.1 Å². The van der Waals surface area contributed by atoms with Crippen molar-refractivity contribution in [2.75, 3.05) is 12.4 Å². The number of amidine groups is 1. The number of amides is 1. The van der Waals surface area contributed by atoms with E-state index in [-0.39, 0.29) is 11.7 Å². The molecule has 0 saturated heterocycles. The van der Waals surface area contributed by atoms with Crippen LogP contribution >= 0.6 is 0 Å². The topological polar surface area (TPSA) is 96.9 Å². The normalized spacial score (nSPS) is 17.4. The Hall–Kier alpha value is -2.08. The number of methoxy groups -OCH3 is 1. The maximum Gasteiger partial charge on any atom is 0.238 e. The van der Waals surface area contributed by atoms with Gasteiger partial charge in [0, 0.05) is 18.4 Å². The second kappa shape index (κ2) is 5.92. The number of rotatable bonds is 5. The van der Waals surface area contributed by atoms with Gasteiger partial charge < -0.3 is 21.0 Å². The van der Waals surface area contributed by atoms with E-state index in [9.17, 15) is 4.79 Å². The molecule has 0 spiro atoms. The standard InChI is InChI=1S/C14H19N3O3/c1-20-9-10-5-2-3-6-11(10)16-13(18)14(7-4-8-14)12(15)17-19/h2-3,5-6,19H,4,7-9H2,1H3,(H2,15,17)(H,16,18). The number of hydrogen-bond acceptors (Lipinski definition) is 4. The third-order valence-corrected chi connectivity index (χ3v) is 3.81. The first-order valence-electron chi connectivity index (χ1n) is 6.50. The number of carbonyl (C=O) groups is 1. The van der Waals surface area contributed by atoms with Crippen LogP contribution in [0.2, 0.25) is 0 Å². The van der Waals surface area contributed by atoms with Gasteiger partial charge in [0.15, 0.2) is 5.84 Å². The van der Waals surface area contributed by atoms with Crippen molar-refractivity contribution < 1.29 is 14.7 Å². The molecule has 0 bridgehead atoms. The van der Waals surface area contributed by atoms with E-state index in [0.717, 1.165) is 12.0 Å². The van der Waals surface area contributed by atoms with E-state index in [1.807, 2.05) is 24.3 Å². The maximum atomic E-state index is 12.4. The number of hydrogen-bond donors (Lipinski definition) is 3. The van der Waals surface area contributed by atoms with Gasteiger partial charge in [0.2, 0.25) is 5.91 Å². The molecule has 1 aliphatic rings. The van der Waals surface area contributed by atoms with Crippen molar-refractivity contribution in [1.29, 1.82) is 0 Å². The van der Waals surface area contributed by atoms with Crippen LogP contribution in [-0.2, 0) is 16.1 Å². The monoisotopic (exact) mass is 277 g/mol. The third-order valence-electron chi connectivity index (χ3n) is 3.81. The summed E-state index contributed by atoms with van der Waals surface area (Å²) in [6.45, 7) is 0.410. The average Bonchev–Trinajstić information content (AvgIpc) is 2.39. The van der Waals surface area contributed by atoms with E-state index in [0.29, 0.717) is 25.1 Å². The highest BCUT2D eigenvalue weighted by Gasteiger charge is 2.48. The molecular weight excluding hydrogens is 258 g/mol. The fraction of sp³-hybridized carbons (Fsp3) is 0.429. The van der Waals surface area contributed by atoms with Gasteiger partial charge in [-0.05, 0) is 18.9 Å². The van der Waals surface area contributed by atoms with Crippen LogP contribution in [0.4, 0.5) is 5.69 Å². The molecule has 4 N–H and O–H groups in total. The molecule has 1 aromatic carbocycles. The minimum Gasteiger partial charge on any atom is -0.409 e. The van der Waals surface area contributed by atoms with Gasteiger partial charge in [0.25, 0.3) is 0 Å². The summed E-state index contributed by atoms with van der Waals surface area (Å²) in [6.07, 6.45) is 2.09. The minimum atomic E-state index is -0.880. The van der Waals surface area contributed by atoms with Crippen LogP contribution in [0.5, 0.6) is 0 Å². The molecule has 20 heavy (non-hydrogen) atoms. The lowest BCUT2D eigenvalue weighted by atomic mass is 9.67. The summed E-state index contributed by atoms with van der Waals surface area (Å²) in [5.74, 6) is -0.256. The largest absolute Gasteiger partial charge is 0.409 e. The zero-order valence-electron chi connectivity index (χ0n) is 11.4. The molecule has 6 heteroatoms. The summed E-state index contributed by atoms with van der Waals surface area (Å²) < 4.78 is 5.10. The summed E-state index contributed by atoms with van der Waals surface area (Å²) in [5, 5.41) is 14.7. The molecule has 0 atom stereocenters. The highest BCUT2D eigenvalue weighted by atomic mass is 16.5. The Bertz CT molecular complexity index is 524. The summed E-state index contributed by atoms with van der Waals surface area (Å²) in [6, 6.07) is 7.42. The van der Waals surface area contributed by atoms with Crippen LogP contribution in [0.15, 0.2) is 29.4 Å². The van der Waals surface area contributed by atoms with Crippen molar-refractivity contribution in [2.24, 2.45) is 16.3 Å². The van der Waals surface area contributed by atoms with Crippen molar-refractivity contribution in [3.05, 3.63) is 29.8 Å². The first-order chi connectivity index (χ1) is 9.64. The molecule has 1 saturated carbocycles. The lowest BCUT2D eigenvalue weighted by molar-refractivity contribution is -0.125. The van der Waals surface area contributed by atoms with Gasteiger partial charge in [-0.1, -0.05) is 29.8 Å². The molecule has 0 aromatic heterocycles. The Labute approximate surface area is 117 Å². The van der Waals surface area contributed by atoms with Gasteiger partial charge in [0.1, 0.15) is 5.41 Å². The highest BCUT2D eigenvalue weighted by molar-refractivity contribution is 6.12. The van der Waals surface area contributed by atoms with Gasteiger partial charge in [0.05, 0.1) is 6.61 Å². The Balaban J connectivity index is 2.19. The van der Waals surface area contributed by atoms with Gasteiger partial charge in [-0.15, -0.1) is 0 Å². The first kappa shape index (κ1) is 14.3. The van der Waals surface area contributed by atoms with E-state index < -0.39 is 5.41 Å². The van der Waals surface area contributed by atoms with Crippen molar-refractivity contribution in [3.63, 3.8) is 0 Å². The molecule has 108 valence electrons. The molecular formula is C14H19N3O3. The summed E-state index contributed by atoms with van der Waals surface area (Å²) in [7, 11) is 1.60. The zero-order valence-corrected chi connectivity index (χ0v) is 11.4. The average molecular weight is 277 g/mol. The van der Waals surface area contributed by atoms with E-state index in [1.54, 1.807) is 7.11 Å². The Morgan fingerprint density at radius 1 is 1.50 bits per heavy atom. The smallest absolute Gasteiger partial charge is 0.238 e. The van der Waals surface area contributed by atoms with E-state index >= 15 is 0 Å². The van der Waals surface area contributed by atoms with Crippen LogP contribution in [0.3, 0.4) is 0 Å². The fourth-order valence-corrected chi connectivity index (χ4v) is 2.39. The molecule has 0 radical (unpaired) electrons. The number of anilines is 1. The van der Waals surface area contributed by atoms with Crippen molar-refractivity contribution in [2.45, 2.75) is 25.9 Å². The molecule has 1 amide bonds. The number of oxime groups is 1. The Morgan fingerprint density at radius 3 is 2.75 bits per heavy atom. The predicted octanol–water partition coefficient (Wildman–Crippen LogP) is 1.69. The van der Waals surface area contributed by atoms with Crippen molar-refractivity contribution in [3.8, 4) is 0 Å². The molecule has 6 nitrogen and oxygen atoms in total. The molecule has 1 aromatic rings. The summed E-state index contributed by atoms with van der Waals surface area (Å²) in [5.41, 5.74) is 6.38. The zero-order chi connectivity index (χ0) is 14.6. The fourth-order valence-electron chi connectivity index (χ4n) is 2.39. The van der Waals surface area contributed by atoms with Crippen LogP contribution in [0.25, 0.3) is 0 Å². The highest BCUT2D eigenvalue weighted by Crippen LogP contribution is 2.42. The maximum absolute atomic E-state index is 12.4. The summed E-state index contributed by atoms with van der Waals surface area (Å²) in [4.78, 5) is 12.4. The van der Waals surface area contributed by atoms with Gasteiger partial charge in [-0.25, -0.2) is 0 Å². The number of nitrogens with zero attached hydrogens (tertiary/aromatic N) is 1. The van der Waals surface area contributed by atoms with E-state index in [1.165, 1.54) is 0 Å². The summed E-state index contributed by atoms with van der Waals surface area (Å²) >= 11 is 0. The number of nitrogens with two attached hydrogens (primary N) is 1. The van der Waals surface area contributed by atoms with Crippen molar-refractivity contribution >= 4 is 17.4 Å². The van der Waals surface area contributed by atoms with Crippen LogP contribution in [-0.4, -0.2) is 24.1 Å². The Kier molecular flexibility index (Phi) is 4.24. The van der Waals surface area contributed by atoms with Crippen molar-refractivity contribution in [1.82, 2.24) is 0 Å². The lowest BCUT2D eigenvalue weighted by Crippen LogP contribution is -2.51. The second-order valence-corrected chi connectivity index (χ2v) is 4.97. The number of benzene rings is 1. The Morgan fingerprint density at radius 2 is 2.20 bits per heavy atom. The number of para-hydroxylation sites is 1. The minimum absolute atomic E-state index is 0.0227. The second-order valence-electron chi connectivity index (χ2n) is 4.97. The van der Waals surface area contributed by atoms with E-state index in [2.05, 4.69) is 10.5 Å². The number of nitrogens with one attached hydrogen (secondary N) is 1. The SMILES string of the molecule is COCc1ccccc1NC(=O)C1(/C(N)=N/O)CCC1. The third kappa shape index (κ3) is 2.46. The molecule has 2 rings (SSSR count).